The predicted octanol–water partition coefficient (Wildman–Crippen LogP) is 3.35. The number of nitrogens with zero attached hydrogens (tertiary/aromatic N) is 2. The maximum atomic E-state index is 5.42. The molecule has 0 atom stereocenters. The number of nitrogens with one attached hydrogen (secondary N) is 1. The van der Waals surface area contributed by atoms with Crippen LogP contribution in [0.4, 0.5) is 5.13 Å². The van der Waals surface area contributed by atoms with Gasteiger partial charge in [-0.15, -0.1) is 11.3 Å². The smallest absolute Gasteiger partial charge is 0.188 e. The van der Waals surface area contributed by atoms with Gasteiger partial charge in [0.1, 0.15) is 5.84 Å². The summed E-state index contributed by atoms with van der Waals surface area (Å²) >= 11 is 1.55. The Morgan fingerprint density at radius 3 is 2.55 bits per heavy atom. The van der Waals surface area contributed by atoms with Crippen molar-refractivity contribution >= 4 is 22.3 Å². The Labute approximate surface area is 134 Å². The maximum absolute atomic E-state index is 5.42. The van der Waals surface area contributed by atoms with Gasteiger partial charge in [-0.3, -0.25) is 4.99 Å². The van der Waals surface area contributed by atoms with Crippen LogP contribution in [0.1, 0.15) is 25.0 Å². The third-order valence-electron chi connectivity index (χ3n) is 3.56. The van der Waals surface area contributed by atoms with Gasteiger partial charge < -0.3 is 14.8 Å². The standard InChI is InChI=1S/C16H19N3O2S/c1-16(2)9-10-7-12(20-3)13(21-4)8-11(10)14(19-16)18-15-17-5-6-22-15/h5-8H,9H2,1-4H3,(H,17,18,19). The molecule has 3 rings (SSSR count). The van der Waals surface area contributed by atoms with Crippen molar-refractivity contribution in [1.82, 2.24) is 4.98 Å². The van der Waals surface area contributed by atoms with Crippen LogP contribution in [-0.4, -0.2) is 30.6 Å². The summed E-state index contributed by atoms with van der Waals surface area (Å²) in [6.07, 6.45) is 2.63. The monoisotopic (exact) mass is 317 g/mol. The Hall–Kier alpha value is -2.08. The van der Waals surface area contributed by atoms with Crippen LogP contribution in [0, 0.1) is 0 Å². The first-order valence-corrected chi connectivity index (χ1v) is 7.92. The third-order valence-corrected chi connectivity index (χ3v) is 4.25. The second-order valence-electron chi connectivity index (χ2n) is 5.78. The van der Waals surface area contributed by atoms with Gasteiger partial charge in [0.25, 0.3) is 0 Å². The van der Waals surface area contributed by atoms with Crippen molar-refractivity contribution in [2.45, 2.75) is 25.8 Å². The number of hydrogen-bond acceptors (Lipinski definition) is 6. The van der Waals surface area contributed by atoms with E-state index >= 15 is 0 Å². The van der Waals surface area contributed by atoms with Gasteiger partial charge in [-0.2, -0.15) is 0 Å². The van der Waals surface area contributed by atoms with Crippen LogP contribution in [0.15, 0.2) is 28.7 Å². The van der Waals surface area contributed by atoms with E-state index in [1.54, 1.807) is 31.8 Å². The minimum atomic E-state index is -0.174. The molecule has 0 bridgehead atoms. The summed E-state index contributed by atoms with van der Waals surface area (Å²) in [6, 6.07) is 4.01. The number of thiazole rings is 1. The second kappa shape index (κ2) is 5.61. The van der Waals surface area contributed by atoms with E-state index in [-0.39, 0.29) is 5.54 Å². The van der Waals surface area contributed by atoms with Gasteiger partial charge in [-0.25, -0.2) is 4.98 Å². The van der Waals surface area contributed by atoms with Crippen molar-refractivity contribution in [1.29, 1.82) is 0 Å². The lowest BCUT2D eigenvalue weighted by molar-refractivity contribution is 0.353. The zero-order valence-corrected chi connectivity index (χ0v) is 14.0. The van der Waals surface area contributed by atoms with Crippen molar-refractivity contribution < 1.29 is 9.47 Å². The largest absolute Gasteiger partial charge is 0.493 e. The molecule has 0 fully saturated rings. The molecule has 0 saturated carbocycles. The van der Waals surface area contributed by atoms with Gasteiger partial charge in [-0.05, 0) is 38.0 Å². The Morgan fingerprint density at radius 1 is 1.18 bits per heavy atom. The van der Waals surface area contributed by atoms with E-state index in [0.717, 1.165) is 28.7 Å². The molecule has 5 nitrogen and oxygen atoms in total. The third kappa shape index (κ3) is 2.78. The highest BCUT2D eigenvalue weighted by Crippen LogP contribution is 2.36. The Morgan fingerprint density at radius 2 is 1.91 bits per heavy atom. The minimum absolute atomic E-state index is 0.174. The first kappa shape index (κ1) is 14.8. The molecule has 0 radical (unpaired) electrons. The molecule has 22 heavy (non-hydrogen) atoms. The number of fused-ring (bicyclic) bond motifs is 1. The number of aliphatic imine (C=N–C) groups is 1. The highest BCUT2D eigenvalue weighted by molar-refractivity contribution is 7.13. The van der Waals surface area contributed by atoms with Crippen LogP contribution < -0.4 is 14.8 Å². The zero-order valence-electron chi connectivity index (χ0n) is 13.1. The van der Waals surface area contributed by atoms with Gasteiger partial charge in [0.05, 0.1) is 19.8 Å². The van der Waals surface area contributed by atoms with Crippen molar-refractivity contribution in [2.24, 2.45) is 4.99 Å². The number of hydrogen-bond donors (Lipinski definition) is 1. The molecule has 1 aromatic heterocycles. The van der Waals surface area contributed by atoms with E-state index < -0.39 is 0 Å². The predicted molar refractivity (Wildman–Crippen MR) is 89.6 cm³/mol. The molecule has 0 unspecified atom stereocenters. The zero-order chi connectivity index (χ0) is 15.7. The van der Waals surface area contributed by atoms with E-state index in [1.807, 2.05) is 17.5 Å². The van der Waals surface area contributed by atoms with E-state index in [1.165, 1.54) is 5.56 Å². The highest BCUT2D eigenvalue weighted by atomic mass is 32.1. The number of rotatable bonds is 3. The Kier molecular flexibility index (Phi) is 3.78. The molecule has 1 aliphatic rings. The molecule has 1 aromatic carbocycles. The van der Waals surface area contributed by atoms with Crippen molar-refractivity contribution in [3.63, 3.8) is 0 Å². The van der Waals surface area contributed by atoms with Crippen LogP contribution in [0.5, 0.6) is 11.5 Å². The fourth-order valence-electron chi connectivity index (χ4n) is 2.64. The van der Waals surface area contributed by atoms with Crippen LogP contribution in [-0.2, 0) is 6.42 Å². The van der Waals surface area contributed by atoms with Gasteiger partial charge in [0.2, 0.25) is 0 Å². The number of amidine groups is 1. The number of methoxy groups -OCH3 is 2. The van der Waals surface area contributed by atoms with E-state index in [9.17, 15) is 0 Å². The molecule has 0 aliphatic carbocycles. The summed E-state index contributed by atoms with van der Waals surface area (Å²) in [7, 11) is 3.29. The summed E-state index contributed by atoms with van der Waals surface area (Å²) in [6.45, 7) is 4.24. The number of anilines is 1. The maximum Gasteiger partial charge on any atom is 0.188 e. The SMILES string of the molecule is COc1cc2c(cc1OC)C(Nc1nccs1)=NC(C)(C)C2. The van der Waals surface area contributed by atoms with Crippen LogP contribution >= 0.6 is 11.3 Å². The number of ether oxygens (including phenoxy) is 2. The summed E-state index contributed by atoms with van der Waals surface area (Å²) < 4.78 is 10.8. The lowest BCUT2D eigenvalue weighted by Crippen LogP contribution is -2.32. The Balaban J connectivity index is 2.08. The van der Waals surface area contributed by atoms with Crippen molar-refractivity contribution in [2.75, 3.05) is 19.5 Å². The van der Waals surface area contributed by atoms with Gasteiger partial charge in [-0.1, -0.05) is 0 Å². The first-order valence-electron chi connectivity index (χ1n) is 7.04. The van der Waals surface area contributed by atoms with Crippen LogP contribution in [0.25, 0.3) is 0 Å². The van der Waals surface area contributed by atoms with Gasteiger partial charge in [0.15, 0.2) is 16.6 Å². The molecule has 1 N–H and O–H groups in total. The lowest BCUT2D eigenvalue weighted by Gasteiger charge is -2.29. The lowest BCUT2D eigenvalue weighted by atomic mass is 9.88. The number of aromatic nitrogens is 1. The quantitative estimate of drug-likeness (QED) is 0.943. The van der Waals surface area contributed by atoms with Gasteiger partial charge >= 0.3 is 0 Å². The normalized spacial score (nSPS) is 15.7. The van der Waals surface area contributed by atoms with Crippen LogP contribution in [0.3, 0.4) is 0 Å². The summed E-state index contributed by atoms with van der Waals surface area (Å²) in [5, 5.41) is 6.09. The average molecular weight is 317 g/mol. The average Bonchev–Trinajstić information content (AvgIpc) is 2.97. The number of benzene rings is 1. The fraction of sp³-hybridized carbons (Fsp3) is 0.375. The molecule has 1 aliphatic heterocycles. The topological polar surface area (TPSA) is 55.7 Å². The van der Waals surface area contributed by atoms with Gasteiger partial charge in [0, 0.05) is 17.1 Å². The molecule has 0 amide bonds. The molecule has 116 valence electrons. The molecule has 6 heteroatoms. The molecule has 0 saturated heterocycles. The molecule has 0 spiro atoms. The van der Waals surface area contributed by atoms with E-state index in [0.29, 0.717) is 5.75 Å². The van der Waals surface area contributed by atoms with E-state index in [4.69, 9.17) is 14.5 Å². The molecule has 2 heterocycles. The van der Waals surface area contributed by atoms with Crippen molar-refractivity contribution in [3.8, 4) is 11.5 Å². The highest BCUT2D eigenvalue weighted by Gasteiger charge is 2.28. The fourth-order valence-corrected chi connectivity index (χ4v) is 3.17. The molecular weight excluding hydrogens is 298 g/mol. The summed E-state index contributed by atoms with van der Waals surface area (Å²) in [5.74, 6) is 2.27. The second-order valence-corrected chi connectivity index (χ2v) is 6.67. The Bertz CT molecular complexity index is 708. The molecular formula is C16H19N3O2S. The van der Waals surface area contributed by atoms with E-state index in [2.05, 4.69) is 24.1 Å². The first-order chi connectivity index (χ1) is 10.5. The summed E-state index contributed by atoms with van der Waals surface area (Å²) in [4.78, 5) is 9.12. The summed E-state index contributed by atoms with van der Waals surface area (Å²) in [5.41, 5.74) is 2.05. The van der Waals surface area contributed by atoms with Crippen LogP contribution in [0.2, 0.25) is 0 Å². The minimum Gasteiger partial charge on any atom is -0.493 e. The van der Waals surface area contributed by atoms with Crippen molar-refractivity contribution in [3.05, 3.63) is 34.8 Å². The molecule has 2 aromatic rings.